The molecular formula is C6H13NS. The van der Waals surface area contributed by atoms with E-state index in [0.29, 0.717) is 0 Å². The predicted octanol–water partition coefficient (Wildman–Crippen LogP) is 1.76. The van der Waals surface area contributed by atoms with E-state index in [9.17, 15) is 0 Å². The minimum absolute atomic E-state index is 0.109. The zero-order valence-corrected chi connectivity index (χ0v) is 6.50. The largest absolute Gasteiger partial charge is 0.404 e. The molecule has 0 aliphatic heterocycles. The molecule has 0 saturated carbocycles. The van der Waals surface area contributed by atoms with Gasteiger partial charge in [0.2, 0.25) is 0 Å². The van der Waals surface area contributed by atoms with Crippen LogP contribution in [0.15, 0.2) is 11.1 Å². The van der Waals surface area contributed by atoms with Crippen LogP contribution in [0, 0.1) is 5.41 Å². The van der Waals surface area contributed by atoms with Crippen molar-refractivity contribution in [3.63, 3.8) is 0 Å². The maximum Gasteiger partial charge on any atom is 0.00374 e. The Morgan fingerprint density at radius 3 is 1.88 bits per heavy atom. The molecule has 8 heavy (non-hydrogen) atoms. The Balaban J connectivity index is 4.03. The van der Waals surface area contributed by atoms with Gasteiger partial charge < -0.3 is 5.73 Å². The van der Waals surface area contributed by atoms with Crippen LogP contribution in [-0.4, -0.2) is 0 Å². The van der Waals surface area contributed by atoms with Crippen molar-refractivity contribution in [2.75, 3.05) is 0 Å². The van der Waals surface area contributed by atoms with Crippen LogP contribution in [0.4, 0.5) is 0 Å². The first-order valence-corrected chi connectivity index (χ1v) is 3.04. The van der Waals surface area contributed by atoms with E-state index >= 15 is 0 Å². The van der Waals surface area contributed by atoms with Gasteiger partial charge in [-0.2, -0.15) is 0 Å². The number of rotatable bonds is 0. The summed E-state index contributed by atoms with van der Waals surface area (Å²) in [6.45, 7) is 6.20. The molecule has 2 heteroatoms. The summed E-state index contributed by atoms with van der Waals surface area (Å²) in [6.07, 6.45) is 1.53. The fourth-order valence-corrected chi connectivity index (χ4v) is 0.250. The lowest BCUT2D eigenvalue weighted by molar-refractivity contribution is 0.533. The predicted molar refractivity (Wildman–Crippen MR) is 40.7 cm³/mol. The van der Waals surface area contributed by atoms with Crippen molar-refractivity contribution < 1.29 is 0 Å². The normalized spacial score (nSPS) is 14.2. The van der Waals surface area contributed by atoms with Gasteiger partial charge in [-0.15, -0.1) is 12.6 Å². The Bertz CT molecular complexity index is 99.6. The van der Waals surface area contributed by atoms with E-state index in [4.69, 9.17) is 5.73 Å². The van der Waals surface area contributed by atoms with Crippen molar-refractivity contribution >= 4 is 12.6 Å². The van der Waals surface area contributed by atoms with E-state index in [1.54, 1.807) is 0 Å². The highest BCUT2D eigenvalue weighted by Gasteiger charge is 2.11. The summed E-state index contributed by atoms with van der Waals surface area (Å²) in [5.74, 6) is 0. The maximum atomic E-state index is 5.22. The number of nitrogens with two attached hydrogens (primary N) is 1. The Labute approximate surface area is 56.4 Å². The van der Waals surface area contributed by atoms with E-state index < -0.39 is 0 Å². The van der Waals surface area contributed by atoms with Crippen LogP contribution in [0.25, 0.3) is 0 Å². The number of thiol groups is 1. The van der Waals surface area contributed by atoms with Crippen LogP contribution >= 0.6 is 12.6 Å². The Morgan fingerprint density at radius 1 is 1.50 bits per heavy atom. The second kappa shape index (κ2) is 2.44. The van der Waals surface area contributed by atoms with Gasteiger partial charge in [0, 0.05) is 11.1 Å². The number of allylic oxidation sites excluding steroid dienone is 1. The zero-order valence-electron chi connectivity index (χ0n) is 5.60. The lowest BCUT2D eigenvalue weighted by Gasteiger charge is -2.16. The topological polar surface area (TPSA) is 26.0 Å². The van der Waals surface area contributed by atoms with Gasteiger partial charge >= 0.3 is 0 Å². The van der Waals surface area contributed by atoms with Crippen molar-refractivity contribution in [2.24, 2.45) is 11.1 Å². The first-order chi connectivity index (χ1) is 3.48. The Morgan fingerprint density at radius 2 is 1.88 bits per heavy atom. The molecule has 0 fully saturated rings. The first-order valence-electron chi connectivity index (χ1n) is 2.60. The van der Waals surface area contributed by atoms with Gasteiger partial charge in [-0.3, -0.25) is 0 Å². The van der Waals surface area contributed by atoms with Crippen LogP contribution in [0.2, 0.25) is 0 Å². The highest BCUT2D eigenvalue weighted by Crippen LogP contribution is 2.26. The summed E-state index contributed by atoms with van der Waals surface area (Å²) >= 11 is 4.15. The Kier molecular flexibility index (Phi) is 2.41. The van der Waals surface area contributed by atoms with Gasteiger partial charge in [0.15, 0.2) is 0 Å². The summed E-state index contributed by atoms with van der Waals surface area (Å²) < 4.78 is 0. The standard InChI is InChI=1S/C6H13NS/c1-6(2,3)5(8)4-7/h4,8H,7H2,1-3H3/b5-4-. The molecule has 0 aromatic carbocycles. The van der Waals surface area contributed by atoms with Gasteiger partial charge in [0.05, 0.1) is 0 Å². The summed E-state index contributed by atoms with van der Waals surface area (Å²) in [7, 11) is 0. The molecule has 1 nitrogen and oxygen atoms in total. The molecule has 0 spiro atoms. The fourth-order valence-electron chi connectivity index (χ4n) is 0.250. The smallest absolute Gasteiger partial charge is 0.00374 e. The molecule has 0 aliphatic carbocycles. The minimum Gasteiger partial charge on any atom is -0.404 e. The third-order valence-electron chi connectivity index (χ3n) is 0.926. The third-order valence-corrected chi connectivity index (χ3v) is 1.75. The van der Waals surface area contributed by atoms with Crippen LogP contribution in [0.5, 0.6) is 0 Å². The van der Waals surface area contributed by atoms with Gasteiger partial charge in [0.1, 0.15) is 0 Å². The summed E-state index contributed by atoms with van der Waals surface area (Å²) in [5.41, 5.74) is 5.33. The molecule has 0 atom stereocenters. The molecule has 0 aromatic heterocycles. The second-order valence-electron chi connectivity index (χ2n) is 2.80. The first kappa shape index (κ1) is 7.89. The SMILES string of the molecule is CC(C)(C)/C(S)=C/N. The van der Waals surface area contributed by atoms with Crippen molar-refractivity contribution in [3.8, 4) is 0 Å². The van der Waals surface area contributed by atoms with Crippen LogP contribution in [0.1, 0.15) is 20.8 Å². The Hall–Kier alpha value is -0.110. The number of hydrogen-bond acceptors (Lipinski definition) is 2. The fraction of sp³-hybridized carbons (Fsp3) is 0.667. The van der Waals surface area contributed by atoms with E-state index in [0.717, 1.165) is 4.91 Å². The zero-order chi connectivity index (χ0) is 6.78. The highest BCUT2D eigenvalue weighted by molar-refractivity contribution is 7.84. The average Bonchev–Trinajstić information content (AvgIpc) is 1.62. The molecule has 0 rings (SSSR count). The quantitative estimate of drug-likeness (QED) is 0.481. The molecule has 0 bridgehead atoms. The van der Waals surface area contributed by atoms with E-state index in [2.05, 4.69) is 33.4 Å². The lowest BCUT2D eigenvalue weighted by Crippen LogP contribution is -2.06. The molecule has 2 N–H and O–H groups in total. The van der Waals surface area contributed by atoms with E-state index in [1.807, 2.05) is 0 Å². The minimum atomic E-state index is 0.109. The molecule has 0 radical (unpaired) electrons. The highest BCUT2D eigenvalue weighted by atomic mass is 32.1. The van der Waals surface area contributed by atoms with Crippen LogP contribution < -0.4 is 5.73 Å². The molecule has 0 heterocycles. The molecular weight excluding hydrogens is 118 g/mol. The summed E-state index contributed by atoms with van der Waals surface area (Å²) in [4.78, 5) is 0.928. The van der Waals surface area contributed by atoms with E-state index in [1.165, 1.54) is 6.20 Å². The van der Waals surface area contributed by atoms with Gasteiger partial charge in [-0.1, -0.05) is 20.8 Å². The van der Waals surface area contributed by atoms with Crippen LogP contribution in [0.3, 0.4) is 0 Å². The van der Waals surface area contributed by atoms with Crippen molar-refractivity contribution in [3.05, 3.63) is 11.1 Å². The molecule has 0 amide bonds. The molecule has 0 aromatic rings. The molecule has 0 aliphatic rings. The lowest BCUT2D eigenvalue weighted by atomic mass is 9.97. The molecule has 0 unspecified atom stereocenters. The number of hydrogen-bond donors (Lipinski definition) is 2. The van der Waals surface area contributed by atoms with Gasteiger partial charge in [-0.25, -0.2) is 0 Å². The van der Waals surface area contributed by atoms with Crippen LogP contribution in [-0.2, 0) is 0 Å². The van der Waals surface area contributed by atoms with Crippen molar-refractivity contribution in [1.82, 2.24) is 0 Å². The monoisotopic (exact) mass is 131 g/mol. The second-order valence-corrected chi connectivity index (χ2v) is 3.28. The van der Waals surface area contributed by atoms with Crippen molar-refractivity contribution in [2.45, 2.75) is 20.8 Å². The summed E-state index contributed by atoms with van der Waals surface area (Å²) in [5, 5.41) is 0. The molecule has 48 valence electrons. The van der Waals surface area contributed by atoms with E-state index in [-0.39, 0.29) is 5.41 Å². The van der Waals surface area contributed by atoms with Gasteiger partial charge in [0.25, 0.3) is 0 Å². The maximum absolute atomic E-state index is 5.22. The molecule has 0 saturated heterocycles. The average molecular weight is 131 g/mol. The summed E-state index contributed by atoms with van der Waals surface area (Å²) in [6, 6.07) is 0. The van der Waals surface area contributed by atoms with Gasteiger partial charge in [-0.05, 0) is 5.41 Å². The third kappa shape index (κ3) is 2.26. The van der Waals surface area contributed by atoms with Crippen molar-refractivity contribution in [1.29, 1.82) is 0 Å².